The van der Waals surface area contributed by atoms with Crippen LogP contribution in [0.3, 0.4) is 0 Å². The molecule has 0 aliphatic carbocycles. The fraction of sp³-hybridized carbons (Fsp3) is 0.353. The molecule has 4 rings (SSSR count). The molecule has 27 heavy (non-hydrogen) atoms. The second-order valence-corrected chi connectivity index (χ2v) is 7.07. The minimum absolute atomic E-state index is 0.238. The first-order valence-electron chi connectivity index (χ1n) is 8.38. The van der Waals surface area contributed by atoms with Gasteiger partial charge in [0, 0.05) is 31.7 Å². The van der Waals surface area contributed by atoms with E-state index in [-0.39, 0.29) is 11.6 Å². The van der Waals surface area contributed by atoms with Gasteiger partial charge in [-0.1, -0.05) is 11.6 Å². The Morgan fingerprint density at radius 1 is 1.26 bits per heavy atom. The van der Waals surface area contributed by atoms with Crippen molar-refractivity contribution < 1.29 is 14.7 Å². The van der Waals surface area contributed by atoms with E-state index < -0.39 is 24.2 Å². The number of carboxylic acid groups (broad SMARTS) is 1. The van der Waals surface area contributed by atoms with Crippen LogP contribution < -0.4 is 5.32 Å². The van der Waals surface area contributed by atoms with Crippen LogP contribution in [0.2, 0.25) is 5.02 Å². The smallest absolute Gasteiger partial charge is 0.408 e. The van der Waals surface area contributed by atoms with Crippen molar-refractivity contribution in [2.75, 3.05) is 20.1 Å². The number of hydrogen-bond acceptors (Lipinski definition) is 6. The van der Waals surface area contributed by atoms with E-state index in [0.29, 0.717) is 29.5 Å². The van der Waals surface area contributed by atoms with Crippen molar-refractivity contribution >= 4 is 23.6 Å². The van der Waals surface area contributed by atoms with E-state index in [1.807, 2.05) is 11.9 Å². The average molecular weight is 389 g/mol. The second-order valence-electron chi connectivity index (χ2n) is 6.64. The maximum atomic E-state index is 12.2. The molecule has 3 unspecified atom stereocenters. The molecule has 2 aliphatic rings. The molecule has 2 aromatic heterocycles. The van der Waals surface area contributed by atoms with Crippen LogP contribution >= 0.6 is 11.6 Å². The van der Waals surface area contributed by atoms with E-state index in [2.05, 4.69) is 20.3 Å². The molecule has 1 saturated heterocycles. The first kappa shape index (κ1) is 17.6. The van der Waals surface area contributed by atoms with Gasteiger partial charge in [-0.3, -0.25) is 19.7 Å². The summed E-state index contributed by atoms with van der Waals surface area (Å²) >= 11 is 5.92. The number of likely N-dealkylation sites (N-methyl/N-ethyl adjacent to an activating group) is 1. The van der Waals surface area contributed by atoms with Crippen LogP contribution in [0.1, 0.15) is 34.0 Å². The topological polar surface area (TPSA) is 112 Å². The summed E-state index contributed by atoms with van der Waals surface area (Å²) in [5.41, 5.74) is 1.31. The van der Waals surface area contributed by atoms with Gasteiger partial charge in [0.05, 0.1) is 34.5 Å². The van der Waals surface area contributed by atoms with E-state index in [1.54, 1.807) is 12.1 Å². The predicted molar refractivity (Wildman–Crippen MR) is 95.4 cm³/mol. The van der Waals surface area contributed by atoms with Crippen LogP contribution in [0.15, 0.2) is 30.7 Å². The molecule has 0 radical (unpaired) electrons. The van der Waals surface area contributed by atoms with Gasteiger partial charge in [0.1, 0.15) is 0 Å². The van der Waals surface area contributed by atoms with Gasteiger partial charge < -0.3 is 15.3 Å². The van der Waals surface area contributed by atoms with E-state index in [0.717, 1.165) is 0 Å². The molecular formula is C17H17ClN6O3. The van der Waals surface area contributed by atoms with Crippen LogP contribution in [0.25, 0.3) is 0 Å². The Hall–Kier alpha value is -2.78. The molecule has 1 fully saturated rings. The maximum Gasteiger partial charge on any atom is 0.408 e. The molecule has 3 atom stereocenters. The summed E-state index contributed by atoms with van der Waals surface area (Å²) in [5.74, 6) is -0.345. The van der Waals surface area contributed by atoms with Crippen molar-refractivity contribution in [1.82, 2.24) is 30.1 Å². The lowest BCUT2D eigenvalue weighted by molar-refractivity contribution is 0.0213. The Kier molecular flexibility index (Phi) is 4.40. The summed E-state index contributed by atoms with van der Waals surface area (Å²) in [5, 5.41) is 13.3. The van der Waals surface area contributed by atoms with Crippen molar-refractivity contribution in [2.45, 2.75) is 18.1 Å². The molecular weight excluding hydrogens is 372 g/mol. The number of halogens is 1. The van der Waals surface area contributed by atoms with E-state index in [4.69, 9.17) is 11.6 Å². The van der Waals surface area contributed by atoms with Gasteiger partial charge in [0.15, 0.2) is 5.69 Å². The van der Waals surface area contributed by atoms with Crippen LogP contribution in [0, 0.1) is 0 Å². The molecule has 10 heteroatoms. The highest BCUT2D eigenvalue weighted by Gasteiger charge is 2.46. The molecule has 0 spiro atoms. The van der Waals surface area contributed by atoms with E-state index in [9.17, 15) is 14.7 Å². The second kappa shape index (κ2) is 6.75. The molecule has 0 bridgehead atoms. The van der Waals surface area contributed by atoms with Gasteiger partial charge in [-0.2, -0.15) is 0 Å². The Balaban J connectivity index is 1.74. The number of piperazine rings is 1. The minimum Gasteiger partial charge on any atom is -0.465 e. The van der Waals surface area contributed by atoms with Crippen molar-refractivity contribution in [3.05, 3.63) is 52.8 Å². The van der Waals surface area contributed by atoms with Crippen LogP contribution in [-0.2, 0) is 0 Å². The Labute approximate surface area is 160 Å². The van der Waals surface area contributed by atoms with Gasteiger partial charge in [0.25, 0.3) is 5.91 Å². The SMILES string of the molecule is CN1CC(c2ccc(Cl)cn2)N(C(=O)O)C(C2NC(=O)c3nccnc32)C1. The molecule has 0 aromatic carbocycles. The normalized spacial score (nSPS) is 25.2. The van der Waals surface area contributed by atoms with E-state index >= 15 is 0 Å². The Bertz CT molecular complexity index is 892. The standard InChI is InChI=1S/C17H17ClN6O3/c1-23-7-11(10-3-2-9(18)6-21-10)24(17(26)27)12(8-23)13-14-15(16(25)22-13)20-5-4-19-14/h2-6,11-13H,7-8H2,1H3,(H,22,25)(H,26,27). The van der Waals surface area contributed by atoms with Crippen LogP contribution in [0.4, 0.5) is 4.79 Å². The van der Waals surface area contributed by atoms with Crippen LogP contribution in [0.5, 0.6) is 0 Å². The first-order chi connectivity index (χ1) is 13.0. The zero-order valence-corrected chi connectivity index (χ0v) is 15.2. The first-order valence-corrected chi connectivity index (χ1v) is 8.76. The molecule has 2 aliphatic heterocycles. The predicted octanol–water partition coefficient (Wildman–Crippen LogP) is 1.34. The summed E-state index contributed by atoms with van der Waals surface area (Å²) in [6.07, 6.45) is 3.37. The summed E-state index contributed by atoms with van der Waals surface area (Å²) < 4.78 is 0. The number of aromatic nitrogens is 3. The molecule has 140 valence electrons. The summed E-state index contributed by atoms with van der Waals surface area (Å²) in [6.45, 7) is 0.919. The highest BCUT2D eigenvalue weighted by molar-refractivity contribution is 6.30. The van der Waals surface area contributed by atoms with Gasteiger partial charge >= 0.3 is 6.09 Å². The molecule has 0 saturated carbocycles. The number of carbonyl (C=O) groups is 2. The number of carbonyl (C=O) groups excluding carboxylic acids is 1. The highest BCUT2D eigenvalue weighted by Crippen LogP contribution is 2.35. The molecule has 9 nitrogen and oxygen atoms in total. The Morgan fingerprint density at radius 2 is 2.04 bits per heavy atom. The zero-order valence-electron chi connectivity index (χ0n) is 14.4. The third-order valence-electron chi connectivity index (χ3n) is 4.90. The monoisotopic (exact) mass is 388 g/mol. The van der Waals surface area contributed by atoms with Crippen molar-refractivity contribution in [3.8, 4) is 0 Å². The van der Waals surface area contributed by atoms with Crippen molar-refractivity contribution in [1.29, 1.82) is 0 Å². The van der Waals surface area contributed by atoms with Crippen LogP contribution in [-0.4, -0.2) is 68.0 Å². The number of pyridine rings is 1. The third-order valence-corrected chi connectivity index (χ3v) is 5.12. The minimum atomic E-state index is -1.08. The number of nitrogens with zero attached hydrogens (tertiary/aromatic N) is 5. The lowest BCUT2D eigenvalue weighted by atomic mass is 9.96. The Morgan fingerprint density at radius 3 is 2.74 bits per heavy atom. The summed E-state index contributed by atoms with van der Waals surface area (Å²) in [4.78, 5) is 40.5. The zero-order chi connectivity index (χ0) is 19.1. The number of rotatable bonds is 2. The molecule has 2 amide bonds. The summed E-state index contributed by atoms with van der Waals surface area (Å²) in [6, 6.07) is 1.80. The molecule has 4 heterocycles. The third kappa shape index (κ3) is 3.08. The highest BCUT2D eigenvalue weighted by atomic mass is 35.5. The number of amides is 2. The lowest BCUT2D eigenvalue weighted by Crippen LogP contribution is -2.59. The number of nitrogens with one attached hydrogen (secondary N) is 1. The largest absolute Gasteiger partial charge is 0.465 e. The van der Waals surface area contributed by atoms with Crippen molar-refractivity contribution in [2.24, 2.45) is 0 Å². The fourth-order valence-electron chi connectivity index (χ4n) is 3.77. The van der Waals surface area contributed by atoms with E-state index in [1.165, 1.54) is 23.5 Å². The summed E-state index contributed by atoms with van der Waals surface area (Å²) in [7, 11) is 1.91. The van der Waals surface area contributed by atoms with Gasteiger partial charge in [-0.15, -0.1) is 0 Å². The van der Waals surface area contributed by atoms with Crippen molar-refractivity contribution in [3.63, 3.8) is 0 Å². The van der Waals surface area contributed by atoms with Gasteiger partial charge in [-0.25, -0.2) is 9.78 Å². The quantitative estimate of drug-likeness (QED) is 0.798. The average Bonchev–Trinajstić information content (AvgIpc) is 2.98. The van der Waals surface area contributed by atoms with Gasteiger partial charge in [0.2, 0.25) is 0 Å². The maximum absolute atomic E-state index is 12.2. The number of hydrogen-bond donors (Lipinski definition) is 2. The molecule has 2 N–H and O–H groups in total. The molecule has 2 aromatic rings. The fourth-order valence-corrected chi connectivity index (χ4v) is 3.88. The number of fused-ring (bicyclic) bond motifs is 1. The van der Waals surface area contributed by atoms with Gasteiger partial charge in [-0.05, 0) is 19.2 Å². The lowest BCUT2D eigenvalue weighted by Gasteiger charge is -2.45.